The fourth-order valence-corrected chi connectivity index (χ4v) is 3.94. The zero-order valence-corrected chi connectivity index (χ0v) is 19.2. The Morgan fingerprint density at radius 2 is 1.53 bits per heavy atom. The fourth-order valence-electron chi connectivity index (χ4n) is 3.94. The monoisotopic (exact) mass is 459 g/mol. The molecular formula is C27H29N3O4. The normalized spacial score (nSPS) is 14.3. The van der Waals surface area contributed by atoms with E-state index < -0.39 is 0 Å². The van der Waals surface area contributed by atoms with Crippen LogP contribution in [0.2, 0.25) is 0 Å². The van der Waals surface area contributed by atoms with Crippen LogP contribution < -0.4 is 15.4 Å². The second kappa shape index (κ2) is 11.3. The summed E-state index contributed by atoms with van der Waals surface area (Å²) < 4.78 is 10.5. The molecule has 3 aromatic carbocycles. The number of nitrogens with zero attached hydrogens (tertiary/aromatic N) is 1. The molecule has 1 aliphatic rings. The number of esters is 1. The highest BCUT2D eigenvalue weighted by Gasteiger charge is 2.21. The average Bonchev–Trinajstić information content (AvgIpc) is 2.87. The minimum atomic E-state index is -0.326. The molecule has 34 heavy (non-hydrogen) atoms. The van der Waals surface area contributed by atoms with Gasteiger partial charge in [0.25, 0.3) is 0 Å². The number of nitrogens with one attached hydrogen (secondary N) is 2. The number of methoxy groups -OCH3 is 1. The molecule has 0 spiro atoms. The Balaban J connectivity index is 1.19. The Morgan fingerprint density at radius 3 is 2.18 bits per heavy atom. The van der Waals surface area contributed by atoms with Crippen molar-refractivity contribution in [3.05, 3.63) is 90.0 Å². The number of carbonyl (C=O) groups excluding carboxylic acids is 2. The van der Waals surface area contributed by atoms with Gasteiger partial charge in [-0.1, -0.05) is 30.3 Å². The van der Waals surface area contributed by atoms with Crippen molar-refractivity contribution in [2.24, 2.45) is 0 Å². The number of para-hydroxylation sites is 1. The second-order valence-corrected chi connectivity index (χ2v) is 8.28. The lowest BCUT2D eigenvalue weighted by Gasteiger charge is -2.32. The molecule has 7 nitrogen and oxygen atoms in total. The van der Waals surface area contributed by atoms with Crippen molar-refractivity contribution in [3.63, 3.8) is 0 Å². The van der Waals surface area contributed by atoms with E-state index in [9.17, 15) is 9.59 Å². The van der Waals surface area contributed by atoms with Crippen LogP contribution in [0.25, 0.3) is 0 Å². The van der Waals surface area contributed by atoms with Crippen LogP contribution in [0.4, 0.5) is 10.5 Å². The molecule has 1 heterocycles. The first-order chi connectivity index (χ1) is 16.6. The third-order valence-electron chi connectivity index (χ3n) is 5.80. The molecular weight excluding hydrogens is 430 g/mol. The number of hydrogen-bond acceptors (Lipinski definition) is 5. The summed E-state index contributed by atoms with van der Waals surface area (Å²) in [5.74, 6) is 1.16. The van der Waals surface area contributed by atoms with E-state index in [2.05, 4.69) is 15.5 Å². The van der Waals surface area contributed by atoms with E-state index in [4.69, 9.17) is 9.47 Å². The topological polar surface area (TPSA) is 79.9 Å². The minimum absolute atomic E-state index is 0.138. The highest BCUT2D eigenvalue weighted by molar-refractivity contribution is 5.89. The molecule has 1 aliphatic heterocycles. The summed E-state index contributed by atoms with van der Waals surface area (Å²) in [6.45, 7) is 2.61. The number of benzene rings is 3. The lowest BCUT2D eigenvalue weighted by molar-refractivity contribution is 0.0600. The van der Waals surface area contributed by atoms with Crippen LogP contribution in [0, 0.1) is 0 Å². The third-order valence-corrected chi connectivity index (χ3v) is 5.80. The molecule has 0 aliphatic carbocycles. The second-order valence-electron chi connectivity index (χ2n) is 8.28. The molecule has 0 radical (unpaired) electrons. The van der Waals surface area contributed by atoms with Crippen molar-refractivity contribution < 1.29 is 19.1 Å². The summed E-state index contributed by atoms with van der Waals surface area (Å²) in [6, 6.07) is 24.3. The van der Waals surface area contributed by atoms with Gasteiger partial charge in [-0.05, 0) is 66.9 Å². The van der Waals surface area contributed by atoms with E-state index in [-0.39, 0.29) is 18.0 Å². The van der Waals surface area contributed by atoms with Gasteiger partial charge in [0.15, 0.2) is 0 Å². The quantitative estimate of drug-likeness (QED) is 0.483. The smallest absolute Gasteiger partial charge is 0.337 e. The van der Waals surface area contributed by atoms with Crippen molar-refractivity contribution in [1.29, 1.82) is 0 Å². The van der Waals surface area contributed by atoms with E-state index in [1.165, 1.54) is 7.11 Å². The summed E-state index contributed by atoms with van der Waals surface area (Å²) in [7, 11) is 1.38. The molecule has 1 saturated heterocycles. The lowest BCUT2D eigenvalue weighted by Crippen LogP contribution is -2.45. The first-order valence-corrected chi connectivity index (χ1v) is 11.4. The van der Waals surface area contributed by atoms with E-state index in [1.54, 1.807) is 12.1 Å². The number of rotatable bonds is 7. The Bertz CT molecular complexity index is 1080. The molecule has 3 aromatic rings. The predicted octanol–water partition coefficient (Wildman–Crippen LogP) is 5.05. The Labute approximate surface area is 199 Å². The number of urea groups is 1. The van der Waals surface area contributed by atoms with Crippen molar-refractivity contribution >= 4 is 17.7 Å². The van der Waals surface area contributed by atoms with Crippen LogP contribution in [0.15, 0.2) is 78.9 Å². The van der Waals surface area contributed by atoms with Gasteiger partial charge in [0.05, 0.1) is 12.7 Å². The predicted molar refractivity (Wildman–Crippen MR) is 131 cm³/mol. The SMILES string of the molecule is COC(=O)c1ccc(CN2CCC(NC(=O)Nc3ccc(Oc4ccccc4)cc3)CC2)cc1. The van der Waals surface area contributed by atoms with Gasteiger partial charge in [0.2, 0.25) is 0 Å². The zero-order chi connectivity index (χ0) is 23.8. The van der Waals surface area contributed by atoms with Gasteiger partial charge in [0.1, 0.15) is 11.5 Å². The molecule has 2 amide bonds. The largest absolute Gasteiger partial charge is 0.465 e. The van der Waals surface area contributed by atoms with Gasteiger partial charge in [-0.2, -0.15) is 0 Å². The highest BCUT2D eigenvalue weighted by Crippen LogP contribution is 2.22. The molecule has 0 saturated carbocycles. The zero-order valence-electron chi connectivity index (χ0n) is 19.2. The summed E-state index contributed by atoms with van der Waals surface area (Å²) in [4.78, 5) is 26.4. The van der Waals surface area contributed by atoms with Crippen molar-refractivity contribution in [3.8, 4) is 11.5 Å². The maximum absolute atomic E-state index is 12.4. The highest BCUT2D eigenvalue weighted by atomic mass is 16.5. The number of likely N-dealkylation sites (tertiary alicyclic amines) is 1. The molecule has 1 fully saturated rings. The average molecular weight is 460 g/mol. The number of piperidine rings is 1. The standard InChI is InChI=1S/C27H29N3O4/c1-33-26(31)21-9-7-20(8-10-21)19-30-17-15-23(16-18-30)29-27(32)28-22-11-13-25(14-12-22)34-24-5-3-2-4-6-24/h2-14,23H,15-19H2,1H3,(H2,28,29,32). The van der Waals surface area contributed by atoms with E-state index in [0.29, 0.717) is 17.0 Å². The first kappa shape index (κ1) is 23.3. The lowest BCUT2D eigenvalue weighted by atomic mass is 10.0. The molecule has 0 aromatic heterocycles. The molecule has 2 N–H and O–H groups in total. The number of amides is 2. The number of carbonyl (C=O) groups is 2. The molecule has 4 rings (SSSR count). The molecule has 0 unspecified atom stereocenters. The van der Waals surface area contributed by atoms with Crippen molar-refractivity contribution in [1.82, 2.24) is 10.2 Å². The van der Waals surface area contributed by atoms with Gasteiger partial charge in [-0.25, -0.2) is 9.59 Å². The van der Waals surface area contributed by atoms with Crippen LogP contribution in [0.3, 0.4) is 0 Å². The van der Waals surface area contributed by atoms with E-state index in [1.807, 2.05) is 66.7 Å². The summed E-state index contributed by atoms with van der Waals surface area (Å²) in [5.41, 5.74) is 2.42. The van der Waals surface area contributed by atoms with Gasteiger partial charge < -0.3 is 20.1 Å². The van der Waals surface area contributed by atoms with E-state index in [0.717, 1.165) is 43.8 Å². The first-order valence-electron chi connectivity index (χ1n) is 11.4. The van der Waals surface area contributed by atoms with Crippen LogP contribution in [0.5, 0.6) is 11.5 Å². The summed E-state index contributed by atoms with van der Waals surface area (Å²) in [6.07, 6.45) is 1.77. The van der Waals surface area contributed by atoms with Crippen molar-refractivity contribution in [2.75, 3.05) is 25.5 Å². The number of ether oxygens (including phenoxy) is 2. The maximum atomic E-state index is 12.4. The molecule has 0 bridgehead atoms. The van der Waals surface area contributed by atoms with Gasteiger partial charge >= 0.3 is 12.0 Å². The summed E-state index contributed by atoms with van der Waals surface area (Å²) in [5, 5.41) is 5.97. The Morgan fingerprint density at radius 1 is 0.882 bits per heavy atom. The summed E-state index contributed by atoms with van der Waals surface area (Å²) >= 11 is 0. The van der Waals surface area contributed by atoms with Crippen LogP contribution in [0.1, 0.15) is 28.8 Å². The Hall–Kier alpha value is -3.84. The van der Waals surface area contributed by atoms with E-state index >= 15 is 0 Å². The molecule has 0 atom stereocenters. The fraction of sp³-hybridized carbons (Fsp3) is 0.259. The Kier molecular flexibility index (Phi) is 7.78. The maximum Gasteiger partial charge on any atom is 0.337 e. The number of hydrogen-bond donors (Lipinski definition) is 2. The van der Waals surface area contributed by atoms with Crippen molar-refractivity contribution in [2.45, 2.75) is 25.4 Å². The minimum Gasteiger partial charge on any atom is -0.465 e. The third kappa shape index (κ3) is 6.59. The van der Waals surface area contributed by atoms with Gasteiger partial charge in [-0.3, -0.25) is 4.90 Å². The molecule has 176 valence electrons. The van der Waals surface area contributed by atoms with Crippen LogP contribution >= 0.6 is 0 Å². The van der Waals surface area contributed by atoms with Crippen LogP contribution in [-0.4, -0.2) is 43.1 Å². The van der Waals surface area contributed by atoms with Crippen LogP contribution in [-0.2, 0) is 11.3 Å². The number of anilines is 1. The van der Waals surface area contributed by atoms with Gasteiger partial charge in [0, 0.05) is 31.4 Å². The van der Waals surface area contributed by atoms with Gasteiger partial charge in [-0.15, -0.1) is 0 Å². The molecule has 7 heteroatoms.